The second-order valence-corrected chi connectivity index (χ2v) is 6.14. The van der Waals surface area contributed by atoms with Crippen molar-refractivity contribution in [3.05, 3.63) is 89.0 Å². The number of aromatic amines is 1. The van der Waals surface area contributed by atoms with Crippen molar-refractivity contribution in [2.24, 2.45) is 0 Å². The smallest absolute Gasteiger partial charge is 0.119 e. The summed E-state index contributed by atoms with van der Waals surface area (Å²) in [5.41, 5.74) is 0.861. The molecule has 0 bridgehead atoms. The van der Waals surface area contributed by atoms with Crippen LogP contribution < -0.4 is 4.74 Å². The van der Waals surface area contributed by atoms with E-state index in [1.807, 2.05) is 48.7 Å². The number of ether oxygens (including phenoxy) is 1. The zero-order valence-corrected chi connectivity index (χ0v) is 16.3. The van der Waals surface area contributed by atoms with Gasteiger partial charge in [0.1, 0.15) is 11.5 Å². The van der Waals surface area contributed by atoms with Gasteiger partial charge in [-0.1, -0.05) is 19.6 Å². The third-order valence-electron chi connectivity index (χ3n) is 3.04. The molecule has 2 aromatic heterocycles. The molecule has 142 valence electrons. The molecule has 6 nitrogen and oxygen atoms in total. The number of methoxy groups -OCH3 is 1. The second-order valence-electron chi connectivity index (χ2n) is 4.90. The minimum atomic E-state index is 0. The first-order valence-corrected chi connectivity index (χ1v) is 8.79. The Morgan fingerprint density at radius 2 is 1.85 bits per heavy atom. The highest BCUT2D eigenvalue weighted by atomic mass is 127. The van der Waals surface area contributed by atoms with Crippen LogP contribution in [0.15, 0.2) is 85.5 Å². The Balaban J connectivity index is 0.000000215. The van der Waals surface area contributed by atoms with Crippen LogP contribution in [0, 0.1) is 3.57 Å². The Hall–Kier alpha value is -2.81. The van der Waals surface area contributed by atoms with E-state index in [2.05, 4.69) is 37.9 Å². The summed E-state index contributed by atoms with van der Waals surface area (Å²) >= 11 is 2.25. The van der Waals surface area contributed by atoms with E-state index in [1.165, 1.54) is 3.57 Å². The van der Waals surface area contributed by atoms with Crippen molar-refractivity contribution in [3.8, 4) is 17.2 Å². The maximum atomic E-state index is 9.17. The predicted molar refractivity (Wildman–Crippen MR) is 116 cm³/mol. The largest absolute Gasteiger partial charge is 0.508 e. The molecule has 7 heteroatoms. The Bertz CT molecular complexity index is 848. The maximum Gasteiger partial charge on any atom is 0.119 e. The van der Waals surface area contributed by atoms with Gasteiger partial charge in [-0.2, -0.15) is 10.2 Å². The third-order valence-corrected chi connectivity index (χ3v) is 3.71. The first kappa shape index (κ1) is 22.2. The topological polar surface area (TPSA) is 76.0 Å². The van der Waals surface area contributed by atoms with Crippen LogP contribution in [0.5, 0.6) is 11.5 Å². The van der Waals surface area contributed by atoms with E-state index in [-0.39, 0.29) is 13.2 Å². The second kappa shape index (κ2) is 12.5. The number of halogens is 1. The highest BCUT2D eigenvalue weighted by Crippen LogP contribution is 2.14. The van der Waals surface area contributed by atoms with Crippen molar-refractivity contribution in [1.82, 2.24) is 20.0 Å². The summed E-state index contributed by atoms with van der Waals surface area (Å²) in [6, 6.07) is 18.6. The van der Waals surface area contributed by atoms with Crippen LogP contribution in [0.1, 0.15) is 7.43 Å². The van der Waals surface area contributed by atoms with Crippen molar-refractivity contribution in [2.45, 2.75) is 7.43 Å². The molecule has 0 saturated carbocycles. The third kappa shape index (κ3) is 8.41. The average molecular weight is 478 g/mol. The lowest BCUT2D eigenvalue weighted by Gasteiger charge is -2.00. The Kier molecular flexibility index (Phi) is 10.3. The summed E-state index contributed by atoms with van der Waals surface area (Å²) in [5, 5.41) is 19.4. The molecule has 0 amide bonds. The predicted octanol–water partition coefficient (Wildman–Crippen LogP) is 4.92. The minimum Gasteiger partial charge on any atom is -0.508 e. The fourth-order valence-corrected chi connectivity index (χ4v) is 2.38. The summed E-state index contributed by atoms with van der Waals surface area (Å²) < 4.78 is 7.89. The van der Waals surface area contributed by atoms with Gasteiger partial charge in [0.2, 0.25) is 0 Å². The SMILES string of the molecule is C.COc1cccc(I)c1.Oc1cccc(-n2cccn2)c1.c1cn[nH]c1. The van der Waals surface area contributed by atoms with Gasteiger partial charge in [0.15, 0.2) is 0 Å². The van der Waals surface area contributed by atoms with Crippen LogP contribution in [0.25, 0.3) is 5.69 Å². The number of rotatable bonds is 2. The highest BCUT2D eigenvalue weighted by Gasteiger charge is 1.95. The molecular formula is C20H23IN4O2. The van der Waals surface area contributed by atoms with E-state index >= 15 is 0 Å². The number of nitrogens with one attached hydrogen (secondary N) is 1. The molecule has 4 rings (SSSR count). The molecule has 4 aromatic rings. The molecule has 0 atom stereocenters. The number of aromatic hydroxyl groups is 1. The van der Waals surface area contributed by atoms with Crippen molar-refractivity contribution >= 4 is 22.6 Å². The molecule has 2 aromatic carbocycles. The molecule has 2 N–H and O–H groups in total. The number of benzene rings is 2. The van der Waals surface area contributed by atoms with Crippen LogP contribution >= 0.6 is 22.6 Å². The minimum absolute atomic E-state index is 0. The van der Waals surface area contributed by atoms with Crippen LogP contribution in [0.3, 0.4) is 0 Å². The van der Waals surface area contributed by atoms with Gasteiger partial charge in [-0.25, -0.2) is 4.68 Å². The van der Waals surface area contributed by atoms with Gasteiger partial charge in [-0.3, -0.25) is 5.10 Å². The van der Waals surface area contributed by atoms with E-state index in [0.717, 1.165) is 11.4 Å². The van der Waals surface area contributed by atoms with Crippen LogP contribution in [-0.4, -0.2) is 32.2 Å². The monoisotopic (exact) mass is 478 g/mol. The molecule has 0 aliphatic heterocycles. The Labute approximate surface area is 173 Å². The normalized spacial score (nSPS) is 8.96. The molecule has 0 saturated heterocycles. The number of aromatic nitrogens is 4. The first-order chi connectivity index (χ1) is 12.7. The van der Waals surface area contributed by atoms with E-state index in [0.29, 0.717) is 0 Å². The van der Waals surface area contributed by atoms with Crippen molar-refractivity contribution in [1.29, 1.82) is 0 Å². The molecule has 0 fully saturated rings. The quantitative estimate of drug-likeness (QED) is 0.401. The van der Waals surface area contributed by atoms with Crippen LogP contribution in [0.2, 0.25) is 0 Å². The summed E-state index contributed by atoms with van der Waals surface area (Å²) in [5.74, 6) is 1.17. The zero-order chi connectivity index (χ0) is 18.6. The number of phenols is 1. The van der Waals surface area contributed by atoms with E-state index in [4.69, 9.17) is 4.74 Å². The number of H-pyrrole nitrogens is 1. The number of hydrogen-bond acceptors (Lipinski definition) is 4. The molecule has 2 heterocycles. The number of phenolic OH excluding ortho intramolecular Hbond substituents is 1. The van der Waals surface area contributed by atoms with Gasteiger partial charge in [-0.15, -0.1) is 0 Å². The number of hydrogen-bond donors (Lipinski definition) is 2. The van der Waals surface area contributed by atoms with Gasteiger partial charge in [0.25, 0.3) is 0 Å². The van der Waals surface area contributed by atoms with Crippen molar-refractivity contribution in [2.75, 3.05) is 7.11 Å². The van der Waals surface area contributed by atoms with E-state index in [1.54, 1.807) is 48.6 Å². The highest BCUT2D eigenvalue weighted by molar-refractivity contribution is 14.1. The van der Waals surface area contributed by atoms with Crippen LogP contribution in [0.4, 0.5) is 0 Å². The van der Waals surface area contributed by atoms with Gasteiger partial charge in [-0.05, 0) is 65.1 Å². The average Bonchev–Trinajstić information content (AvgIpc) is 3.38. The van der Waals surface area contributed by atoms with Gasteiger partial charge in [0.05, 0.1) is 12.8 Å². The summed E-state index contributed by atoms with van der Waals surface area (Å²) in [6.07, 6.45) is 6.98. The van der Waals surface area contributed by atoms with Crippen LogP contribution in [-0.2, 0) is 0 Å². The molecule has 0 radical (unpaired) electrons. The standard InChI is InChI=1S/C9H8N2O.C7H7IO.C3H4N2.CH4/c12-9-4-1-3-8(7-9)11-6-2-5-10-11;1-9-7-4-2-3-6(8)5-7;1-2-4-5-3-1;/h1-7,12H;2-5H,1H3;1-3H,(H,4,5);1H4. The van der Waals surface area contributed by atoms with E-state index < -0.39 is 0 Å². The lowest BCUT2D eigenvalue weighted by Crippen LogP contribution is -1.92. The first-order valence-electron chi connectivity index (χ1n) is 7.71. The Morgan fingerprint density at radius 1 is 1.04 bits per heavy atom. The van der Waals surface area contributed by atoms with E-state index in [9.17, 15) is 5.11 Å². The lowest BCUT2D eigenvalue weighted by molar-refractivity contribution is 0.414. The molecule has 0 spiro atoms. The van der Waals surface area contributed by atoms with Crippen molar-refractivity contribution in [3.63, 3.8) is 0 Å². The molecule has 27 heavy (non-hydrogen) atoms. The Morgan fingerprint density at radius 3 is 2.33 bits per heavy atom. The lowest BCUT2D eigenvalue weighted by atomic mass is 10.3. The fraction of sp³-hybridized carbons (Fsp3) is 0.100. The number of nitrogens with zero attached hydrogens (tertiary/aromatic N) is 3. The maximum absolute atomic E-state index is 9.17. The van der Waals surface area contributed by atoms with Gasteiger partial charge >= 0.3 is 0 Å². The van der Waals surface area contributed by atoms with Gasteiger partial charge < -0.3 is 9.84 Å². The summed E-state index contributed by atoms with van der Waals surface area (Å²) in [7, 11) is 1.67. The molecule has 0 aliphatic carbocycles. The summed E-state index contributed by atoms with van der Waals surface area (Å²) in [4.78, 5) is 0. The summed E-state index contributed by atoms with van der Waals surface area (Å²) in [6.45, 7) is 0. The fourth-order valence-electron chi connectivity index (χ4n) is 1.87. The van der Waals surface area contributed by atoms with Gasteiger partial charge in [0, 0.05) is 34.4 Å². The molecule has 0 unspecified atom stereocenters. The molecular weight excluding hydrogens is 455 g/mol. The zero-order valence-electron chi connectivity index (χ0n) is 14.2. The van der Waals surface area contributed by atoms with Crippen molar-refractivity contribution < 1.29 is 9.84 Å². The molecule has 0 aliphatic rings.